The fraction of sp³-hybridized carbons (Fsp3) is 0.558. The van der Waals surface area contributed by atoms with Gasteiger partial charge in [-0.05, 0) is 68.1 Å². The second-order valence-electron chi connectivity index (χ2n) is 15.1. The number of para-hydroxylation sites is 1. The van der Waals surface area contributed by atoms with Crippen LogP contribution in [0.25, 0.3) is 10.9 Å². The van der Waals surface area contributed by atoms with Crippen LogP contribution in [0.1, 0.15) is 102 Å². The van der Waals surface area contributed by atoms with Crippen LogP contribution in [0.3, 0.4) is 0 Å². The standard InChI is InChI=1S/C43H59N5O8/c1-6-28(3)37-42(52)47-25-17-16-24-36(47)41(51)44-33(22-13-9-12-20-31(7-2)56-43(53)38(54-4)29-18-10-8-11-19-29)39(49)45-34(40(50)46-37)26-30-27-48(55-5)35-23-15-14-21-32(30)35/h8,10-11,14-15,18-19,21,23,27-28,31,33-34,36-38H,6-7,9,12-13,16-17,20,22,24-26H2,1-5H3,(H,44,51)(H,45,49)(H,46,50)/t28-,31-,33-,34-,36+,37-,38+/m0/s1. The number of nitrogens with zero attached hydrogens (tertiary/aromatic N) is 2. The second-order valence-corrected chi connectivity index (χ2v) is 15.1. The van der Waals surface area contributed by atoms with Crippen LogP contribution in [0.15, 0.2) is 60.8 Å². The molecule has 2 aromatic carbocycles. The maximum atomic E-state index is 14.2. The average Bonchev–Trinajstić information content (AvgIpc) is 3.58. The minimum atomic E-state index is -1.04. The summed E-state index contributed by atoms with van der Waals surface area (Å²) in [6.45, 7) is 6.24. The first kappa shape index (κ1) is 42.2. The van der Waals surface area contributed by atoms with Crippen LogP contribution in [-0.4, -0.2) is 90.3 Å². The van der Waals surface area contributed by atoms with Crippen LogP contribution in [0.5, 0.6) is 0 Å². The third-order valence-corrected chi connectivity index (χ3v) is 11.3. The number of esters is 1. The second kappa shape index (κ2) is 20.3. The number of fused-ring (bicyclic) bond motifs is 2. The highest BCUT2D eigenvalue weighted by Crippen LogP contribution is 2.25. The van der Waals surface area contributed by atoms with Gasteiger partial charge >= 0.3 is 5.97 Å². The molecule has 2 saturated heterocycles. The summed E-state index contributed by atoms with van der Waals surface area (Å²) >= 11 is 0. The molecule has 0 saturated carbocycles. The summed E-state index contributed by atoms with van der Waals surface area (Å²) in [7, 11) is 3.04. The zero-order valence-electron chi connectivity index (χ0n) is 33.5. The van der Waals surface area contributed by atoms with Crippen LogP contribution in [0.4, 0.5) is 0 Å². The summed E-state index contributed by atoms with van der Waals surface area (Å²) in [5.74, 6) is -2.21. The van der Waals surface area contributed by atoms with Crippen molar-refractivity contribution in [3.63, 3.8) is 0 Å². The maximum absolute atomic E-state index is 14.2. The predicted molar refractivity (Wildman–Crippen MR) is 212 cm³/mol. The lowest BCUT2D eigenvalue weighted by molar-refractivity contribution is -0.162. The van der Waals surface area contributed by atoms with E-state index >= 15 is 0 Å². The number of carbonyl (C=O) groups excluding carboxylic acids is 5. The zero-order chi connectivity index (χ0) is 40.2. The van der Waals surface area contributed by atoms with E-state index in [0.29, 0.717) is 51.5 Å². The highest BCUT2D eigenvalue weighted by atomic mass is 16.6. The first-order chi connectivity index (χ1) is 27.1. The largest absolute Gasteiger partial charge is 0.460 e. The molecule has 0 bridgehead atoms. The molecule has 56 heavy (non-hydrogen) atoms. The molecule has 7 atom stereocenters. The summed E-state index contributed by atoms with van der Waals surface area (Å²) in [5.41, 5.74) is 2.32. The third-order valence-electron chi connectivity index (χ3n) is 11.3. The SMILES string of the molecule is CC[C@@H](CCCCC[C@@H]1NC(=O)[C@H]2CCCCN2C(=O)[C@H]([C@@H](C)CC)NC(=O)[C@H](Cc2cn(OC)c3ccccc23)NC1=O)OC(=O)[C@H](OC)c1ccccc1. The molecule has 0 aliphatic carbocycles. The van der Waals surface area contributed by atoms with Gasteiger partial charge in [-0.15, -0.1) is 0 Å². The van der Waals surface area contributed by atoms with Crippen molar-refractivity contribution in [2.45, 2.75) is 128 Å². The van der Waals surface area contributed by atoms with Crippen molar-refractivity contribution in [3.8, 4) is 0 Å². The van der Waals surface area contributed by atoms with Crippen molar-refractivity contribution < 1.29 is 38.3 Å². The van der Waals surface area contributed by atoms with E-state index in [9.17, 15) is 24.0 Å². The van der Waals surface area contributed by atoms with Gasteiger partial charge in [0.25, 0.3) is 0 Å². The van der Waals surface area contributed by atoms with Crippen molar-refractivity contribution in [2.24, 2.45) is 5.92 Å². The number of ether oxygens (including phenoxy) is 2. The number of benzene rings is 2. The highest BCUT2D eigenvalue weighted by molar-refractivity contribution is 5.98. The molecule has 0 unspecified atom stereocenters. The van der Waals surface area contributed by atoms with Crippen molar-refractivity contribution in [2.75, 3.05) is 20.8 Å². The molecule has 0 spiro atoms. The van der Waals surface area contributed by atoms with E-state index in [1.165, 1.54) is 7.11 Å². The van der Waals surface area contributed by atoms with Gasteiger partial charge in [0, 0.05) is 31.7 Å². The molecular formula is C43H59N5O8. The molecule has 13 nitrogen and oxygen atoms in total. The fourth-order valence-electron chi connectivity index (χ4n) is 7.82. The Morgan fingerprint density at radius 3 is 2.27 bits per heavy atom. The molecule has 304 valence electrons. The minimum absolute atomic E-state index is 0.133. The van der Waals surface area contributed by atoms with Gasteiger partial charge in [-0.1, -0.05) is 88.6 Å². The van der Waals surface area contributed by atoms with Gasteiger partial charge in [0.2, 0.25) is 23.6 Å². The zero-order valence-corrected chi connectivity index (χ0v) is 33.5. The molecule has 3 aromatic rings. The summed E-state index contributed by atoms with van der Waals surface area (Å²) < 4.78 is 12.9. The monoisotopic (exact) mass is 773 g/mol. The predicted octanol–water partition coefficient (Wildman–Crippen LogP) is 4.80. The van der Waals surface area contributed by atoms with Gasteiger partial charge in [0.05, 0.1) is 5.52 Å². The molecule has 13 heteroatoms. The highest BCUT2D eigenvalue weighted by Gasteiger charge is 2.41. The molecule has 4 amide bonds. The number of hydrogen-bond donors (Lipinski definition) is 3. The first-order valence-electron chi connectivity index (χ1n) is 20.2. The smallest absolute Gasteiger partial charge is 0.340 e. The van der Waals surface area contributed by atoms with Gasteiger partial charge in [0.15, 0.2) is 6.10 Å². The Morgan fingerprint density at radius 1 is 0.839 bits per heavy atom. The number of nitrogens with one attached hydrogen (secondary N) is 3. The van der Waals surface area contributed by atoms with Crippen LogP contribution >= 0.6 is 0 Å². The number of unbranched alkanes of at least 4 members (excludes halogenated alkanes) is 2. The Bertz CT molecular complexity index is 1800. The van der Waals surface area contributed by atoms with Gasteiger partial charge in [-0.25, -0.2) is 4.79 Å². The third kappa shape index (κ3) is 10.3. The normalized spacial score (nSPS) is 22.4. The van der Waals surface area contributed by atoms with Crippen molar-refractivity contribution in [3.05, 3.63) is 71.9 Å². The van der Waals surface area contributed by atoms with Crippen molar-refractivity contribution in [1.29, 1.82) is 0 Å². The van der Waals surface area contributed by atoms with E-state index in [4.69, 9.17) is 14.3 Å². The Labute approximate surface area is 330 Å². The van der Waals surface area contributed by atoms with Gasteiger partial charge < -0.3 is 35.2 Å². The molecule has 3 N–H and O–H groups in total. The van der Waals surface area contributed by atoms with E-state index in [0.717, 1.165) is 41.3 Å². The summed E-state index contributed by atoms with van der Waals surface area (Å²) in [5, 5.41) is 9.84. The van der Waals surface area contributed by atoms with Gasteiger partial charge in [-0.3, -0.25) is 19.2 Å². The average molecular weight is 774 g/mol. The number of rotatable bonds is 16. The summed E-state index contributed by atoms with van der Waals surface area (Å²) in [4.78, 5) is 76.8. The molecular weight excluding hydrogens is 715 g/mol. The number of aromatic nitrogens is 1. The quantitative estimate of drug-likeness (QED) is 0.139. The summed E-state index contributed by atoms with van der Waals surface area (Å²) in [6.07, 6.45) is 7.07. The van der Waals surface area contributed by atoms with Gasteiger partial charge in [0.1, 0.15) is 37.4 Å². The Morgan fingerprint density at radius 2 is 1.55 bits per heavy atom. The van der Waals surface area contributed by atoms with Crippen LogP contribution in [-0.2, 0) is 39.9 Å². The lowest BCUT2D eigenvalue weighted by atomic mass is 9.93. The van der Waals surface area contributed by atoms with E-state index in [1.54, 1.807) is 22.9 Å². The van der Waals surface area contributed by atoms with Crippen LogP contribution in [0.2, 0.25) is 0 Å². The number of amides is 4. The lowest BCUT2D eigenvalue weighted by Gasteiger charge is -2.39. The van der Waals surface area contributed by atoms with Gasteiger partial charge in [-0.2, -0.15) is 4.73 Å². The first-order valence-corrected chi connectivity index (χ1v) is 20.2. The topological polar surface area (TPSA) is 157 Å². The van der Waals surface area contributed by atoms with E-state index in [1.807, 2.05) is 75.4 Å². The number of carbonyl (C=O) groups is 5. The fourth-order valence-corrected chi connectivity index (χ4v) is 7.82. The molecule has 1 aromatic heterocycles. The molecule has 0 radical (unpaired) electrons. The summed E-state index contributed by atoms with van der Waals surface area (Å²) in [6, 6.07) is 13.3. The van der Waals surface area contributed by atoms with Crippen molar-refractivity contribution >= 4 is 40.5 Å². The molecule has 3 heterocycles. The Hall–Kier alpha value is -4.91. The minimum Gasteiger partial charge on any atom is -0.460 e. The van der Waals surface area contributed by atoms with E-state index < -0.39 is 48.1 Å². The maximum Gasteiger partial charge on any atom is 0.340 e. The van der Waals surface area contributed by atoms with E-state index in [2.05, 4.69) is 16.0 Å². The Balaban J connectivity index is 1.32. The Kier molecular flexibility index (Phi) is 15.3. The van der Waals surface area contributed by atoms with E-state index in [-0.39, 0.29) is 30.3 Å². The molecule has 2 aliphatic rings. The number of methoxy groups -OCH3 is 1. The molecule has 5 rings (SSSR count). The lowest BCUT2D eigenvalue weighted by Crippen LogP contribution is -2.64. The molecule has 2 aliphatic heterocycles. The number of hydrogen-bond acceptors (Lipinski definition) is 8. The number of piperidine rings is 1. The molecule has 2 fully saturated rings. The van der Waals surface area contributed by atoms with Crippen LogP contribution in [0, 0.1) is 5.92 Å². The van der Waals surface area contributed by atoms with Crippen LogP contribution < -0.4 is 20.8 Å². The van der Waals surface area contributed by atoms with Crippen molar-refractivity contribution in [1.82, 2.24) is 25.6 Å².